The lowest BCUT2D eigenvalue weighted by molar-refractivity contribution is -0.121. The van der Waals surface area contributed by atoms with E-state index < -0.39 is 21.9 Å². The Kier molecular flexibility index (Phi) is 6.46. The maximum Gasteiger partial charge on any atom is 0.220 e. The third kappa shape index (κ3) is 4.96. The Morgan fingerprint density at radius 1 is 1.32 bits per heavy atom. The van der Waals surface area contributed by atoms with Gasteiger partial charge in [-0.15, -0.1) is 0 Å². The molecule has 28 heavy (non-hydrogen) atoms. The number of carbonyl (C=O) groups excluding carboxylic acids is 1. The lowest BCUT2D eigenvalue weighted by Gasteiger charge is -2.19. The zero-order chi connectivity index (χ0) is 20.1. The van der Waals surface area contributed by atoms with Gasteiger partial charge in [0.1, 0.15) is 17.7 Å². The minimum absolute atomic E-state index is 0.0482. The summed E-state index contributed by atoms with van der Waals surface area (Å²) >= 11 is 0. The fourth-order valence-electron chi connectivity index (χ4n) is 3.38. The smallest absolute Gasteiger partial charge is 0.220 e. The molecule has 2 heterocycles. The van der Waals surface area contributed by atoms with Crippen molar-refractivity contribution in [3.8, 4) is 0 Å². The van der Waals surface area contributed by atoms with E-state index in [1.807, 2.05) is 0 Å². The average Bonchev–Trinajstić information content (AvgIpc) is 3.32. The largest absolute Gasteiger partial charge is 0.342 e. The molecular weight excluding hydrogens is 383 g/mol. The molecule has 7 nitrogen and oxygen atoms in total. The molecule has 1 aliphatic heterocycles. The Balaban J connectivity index is 1.64. The summed E-state index contributed by atoms with van der Waals surface area (Å²) in [7, 11) is -1.51. The zero-order valence-electron chi connectivity index (χ0n) is 15.8. The molecule has 1 fully saturated rings. The van der Waals surface area contributed by atoms with E-state index in [1.165, 1.54) is 16.4 Å². The van der Waals surface area contributed by atoms with Crippen molar-refractivity contribution in [1.82, 2.24) is 19.2 Å². The molecule has 0 saturated carbocycles. The van der Waals surface area contributed by atoms with Gasteiger partial charge in [-0.3, -0.25) is 4.79 Å². The molecule has 1 saturated heterocycles. The van der Waals surface area contributed by atoms with Crippen LogP contribution in [0.1, 0.15) is 43.1 Å². The quantitative estimate of drug-likeness (QED) is 0.724. The highest BCUT2D eigenvalue weighted by molar-refractivity contribution is 7.89. The number of rotatable bonds is 8. The number of aryl methyl sites for hydroxylation is 1. The molecule has 1 aliphatic rings. The first-order valence-electron chi connectivity index (χ1n) is 9.37. The molecule has 9 heteroatoms. The molecule has 152 valence electrons. The lowest BCUT2D eigenvalue weighted by atomic mass is 10.1. The van der Waals surface area contributed by atoms with Gasteiger partial charge in [-0.2, -0.15) is 0 Å². The van der Waals surface area contributed by atoms with Gasteiger partial charge in [0.25, 0.3) is 0 Å². The Morgan fingerprint density at radius 2 is 2.07 bits per heavy atom. The number of carbonyl (C=O) groups is 1. The first kappa shape index (κ1) is 20.5. The van der Waals surface area contributed by atoms with Gasteiger partial charge >= 0.3 is 0 Å². The van der Waals surface area contributed by atoms with Crippen LogP contribution < -0.4 is 5.32 Å². The molecule has 1 N–H and O–H groups in total. The van der Waals surface area contributed by atoms with E-state index in [0.717, 1.165) is 12.8 Å². The number of sulfonamides is 1. The fourth-order valence-corrected chi connectivity index (χ4v) is 4.96. The third-order valence-corrected chi connectivity index (χ3v) is 6.83. The molecule has 1 unspecified atom stereocenters. The molecule has 1 aromatic carbocycles. The number of benzene rings is 1. The van der Waals surface area contributed by atoms with Gasteiger partial charge in [0.15, 0.2) is 0 Å². The maximum absolute atomic E-state index is 13.7. The van der Waals surface area contributed by atoms with Crippen molar-refractivity contribution >= 4 is 15.9 Å². The number of aromatic nitrogens is 2. The van der Waals surface area contributed by atoms with Crippen molar-refractivity contribution < 1.29 is 17.6 Å². The van der Waals surface area contributed by atoms with E-state index in [2.05, 4.69) is 10.3 Å². The first-order chi connectivity index (χ1) is 13.4. The highest BCUT2D eigenvalue weighted by atomic mass is 32.2. The zero-order valence-corrected chi connectivity index (χ0v) is 16.7. The summed E-state index contributed by atoms with van der Waals surface area (Å²) in [6, 6.07) is 5.38. The fraction of sp³-hybridized carbons (Fsp3) is 0.474. The summed E-state index contributed by atoms with van der Waals surface area (Å²) in [5.74, 6) is -0.173. The van der Waals surface area contributed by atoms with Gasteiger partial charge < -0.3 is 9.88 Å². The molecule has 0 bridgehead atoms. The SMILES string of the molecule is Cn1ccnc1C(NC(=O)CCCS(=O)(=O)N1CCCC1)c1cccc(F)c1. The molecule has 0 radical (unpaired) electrons. The summed E-state index contributed by atoms with van der Waals surface area (Å²) in [5.41, 5.74) is 0.576. The maximum atomic E-state index is 13.7. The van der Waals surface area contributed by atoms with Crippen LogP contribution in [0.3, 0.4) is 0 Å². The predicted molar refractivity (Wildman–Crippen MR) is 103 cm³/mol. The van der Waals surface area contributed by atoms with Crippen LogP contribution >= 0.6 is 0 Å². The molecule has 1 atom stereocenters. The topological polar surface area (TPSA) is 84.3 Å². The second-order valence-corrected chi connectivity index (χ2v) is 9.07. The van der Waals surface area contributed by atoms with Crippen molar-refractivity contribution in [2.24, 2.45) is 7.05 Å². The second kappa shape index (κ2) is 8.83. The van der Waals surface area contributed by atoms with Crippen molar-refractivity contribution in [3.63, 3.8) is 0 Å². The van der Waals surface area contributed by atoms with E-state index >= 15 is 0 Å². The van der Waals surface area contributed by atoms with E-state index in [-0.39, 0.29) is 24.5 Å². The highest BCUT2D eigenvalue weighted by Crippen LogP contribution is 2.21. The second-order valence-electron chi connectivity index (χ2n) is 6.98. The number of nitrogens with one attached hydrogen (secondary N) is 1. The number of amides is 1. The molecule has 1 amide bonds. The molecule has 0 spiro atoms. The normalized spacial score (nSPS) is 16.2. The van der Waals surface area contributed by atoms with Crippen LogP contribution in [0.15, 0.2) is 36.7 Å². The summed E-state index contributed by atoms with van der Waals surface area (Å²) in [5, 5.41) is 2.86. The summed E-state index contributed by atoms with van der Waals surface area (Å²) in [4.78, 5) is 16.7. The van der Waals surface area contributed by atoms with Gasteiger partial charge in [-0.05, 0) is 37.0 Å². The minimum Gasteiger partial charge on any atom is -0.342 e. The van der Waals surface area contributed by atoms with Gasteiger partial charge in [0.2, 0.25) is 15.9 Å². The van der Waals surface area contributed by atoms with Gasteiger partial charge in [-0.1, -0.05) is 12.1 Å². The van der Waals surface area contributed by atoms with E-state index in [1.54, 1.807) is 36.1 Å². The van der Waals surface area contributed by atoms with Crippen molar-refractivity contribution in [2.45, 2.75) is 31.7 Å². The van der Waals surface area contributed by atoms with Gasteiger partial charge in [0, 0.05) is 39.0 Å². The van der Waals surface area contributed by atoms with Crippen LogP contribution in [0.25, 0.3) is 0 Å². The minimum atomic E-state index is -3.30. The molecule has 2 aromatic rings. The van der Waals surface area contributed by atoms with Gasteiger partial charge in [-0.25, -0.2) is 22.1 Å². The van der Waals surface area contributed by atoms with Crippen molar-refractivity contribution in [2.75, 3.05) is 18.8 Å². The molecular formula is C19H25FN4O3S. The Hall–Kier alpha value is -2.26. The van der Waals surface area contributed by atoms with Crippen molar-refractivity contribution in [1.29, 1.82) is 0 Å². The van der Waals surface area contributed by atoms with E-state index in [4.69, 9.17) is 0 Å². The molecule has 3 rings (SSSR count). The molecule has 0 aliphatic carbocycles. The van der Waals surface area contributed by atoms with Crippen LogP contribution in [0, 0.1) is 5.82 Å². The average molecular weight is 408 g/mol. The Morgan fingerprint density at radius 3 is 2.71 bits per heavy atom. The van der Waals surface area contributed by atoms with Crippen LogP contribution in [-0.4, -0.2) is 47.0 Å². The number of hydrogen-bond acceptors (Lipinski definition) is 4. The van der Waals surface area contributed by atoms with E-state index in [9.17, 15) is 17.6 Å². The Labute approximate surface area is 164 Å². The van der Waals surface area contributed by atoms with E-state index in [0.29, 0.717) is 24.5 Å². The van der Waals surface area contributed by atoms with Crippen LogP contribution in [0.2, 0.25) is 0 Å². The van der Waals surface area contributed by atoms with Gasteiger partial charge in [0.05, 0.1) is 5.75 Å². The summed E-state index contributed by atoms with van der Waals surface area (Å²) in [6.45, 7) is 1.13. The number of imidazole rings is 1. The van der Waals surface area contributed by atoms with Crippen LogP contribution in [0.4, 0.5) is 4.39 Å². The third-order valence-electron chi connectivity index (χ3n) is 4.87. The number of hydrogen-bond donors (Lipinski definition) is 1. The van der Waals surface area contributed by atoms with Crippen LogP contribution in [0.5, 0.6) is 0 Å². The number of nitrogens with zero attached hydrogens (tertiary/aromatic N) is 3. The monoisotopic (exact) mass is 408 g/mol. The first-order valence-corrected chi connectivity index (χ1v) is 11.0. The lowest BCUT2D eigenvalue weighted by Crippen LogP contribution is -2.33. The predicted octanol–water partition coefficient (Wildman–Crippen LogP) is 1.97. The Bertz CT molecular complexity index is 923. The standard InChI is InChI=1S/C19H25FN4O3S/c1-23-12-9-21-19(23)18(15-6-4-7-16(20)14-15)22-17(25)8-5-13-28(26,27)24-10-2-3-11-24/h4,6-7,9,12,14,18H,2-3,5,8,10-11,13H2,1H3,(H,22,25). The molecule has 1 aromatic heterocycles. The highest BCUT2D eigenvalue weighted by Gasteiger charge is 2.26. The summed E-state index contributed by atoms with van der Waals surface area (Å²) in [6.07, 6.45) is 5.44. The van der Waals surface area contributed by atoms with Crippen LogP contribution in [-0.2, 0) is 21.9 Å². The van der Waals surface area contributed by atoms with Crippen molar-refractivity contribution in [3.05, 3.63) is 53.9 Å². The summed E-state index contributed by atoms with van der Waals surface area (Å²) < 4.78 is 41.5. The number of halogens is 1.